The maximum atomic E-state index is 11.8. The highest BCUT2D eigenvalue weighted by Crippen LogP contribution is 2.26. The van der Waals surface area contributed by atoms with Gasteiger partial charge in [0.2, 0.25) is 5.28 Å². The van der Waals surface area contributed by atoms with Crippen LogP contribution >= 0.6 is 11.6 Å². The topological polar surface area (TPSA) is 25.8 Å². The fraction of sp³-hybridized carbons (Fsp3) is 0.200. The first-order valence-electron chi connectivity index (χ1n) is 2.47. The zero-order valence-electron chi connectivity index (χ0n) is 4.98. The SMILES string of the molecule is FC(F)(F)c1[c]cnc(Cl)n1. The van der Waals surface area contributed by atoms with Crippen LogP contribution in [0.2, 0.25) is 5.28 Å². The average molecular weight is 182 g/mol. The zero-order chi connectivity index (χ0) is 8.48. The van der Waals surface area contributed by atoms with Crippen LogP contribution in [0.25, 0.3) is 0 Å². The molecule has 0 N–H and O–H groups in total. The van der Waals surface area contributed by atoms with Gasteiger partial charge in [0, 0.05) is 12.3 Å². The first-order valence-corrected chi connectivity index (χ1v) is 2.85. The molecule has 0 atom stereocenters. The van der Waals surface area contributed by atoms with Crippen molar-refractivity contribution in [2.24, 2.45) is 0 Å². The standard InChI is InChI=1S/C5HClF3N2/c6-4-10-2-1-3(11-4)5(7,8)9/h2H. The Morgan fingerprint density at radius 1 is 1.45 bits per heavy atom. The van der Waals surface area contributed by atoms with Crippen LogP contribution in [0.4, 0.5) is 13.2 Å². The fourth-order valence-electron chi connectivity index (χ4n) is 0.445. The highest BCUT2D eigenvalue weighted by molar-refractivity contribution is 6.28. The Hall–Kier alpha value is -0.840. The van der Waals surface area contributed by atoms with Gasteiger partial charge in [0.25, 0.3) is 0 Å². The van der Waals surface area contributed by atoms with Crippen LogP contribution in [0.3, 0.4) is 0 Å². The van der Waals surface area contributed by atoms with Gasteiger partial charge >= 0.3 is 6.18 Å². The van der Waals surface area contributed by atoms with Crippen LogP contribution < -0.4 is 0 Å². The van der Waals surface area contributed by atoms with Gasteiger partial charge in [-0.3, -0.25) is 0 Å². The van der Waals surface area contributed by atoms with Gasteiger partial charge in [0.15, 0.2) is 5.69 Å². The van der Waals surface area contributed by atoms with E-state index in [0.717, 1.165) is 6.20 Å². The molecule has 0 aromatic carbocycles. The lowest BCUT2D eigenvalue weighted by molar-refractivity contribution is -0.141. The lowest BCUT2D eigenvalue weighted by Gasteiger charge is -2.02. The van der Waals surface area contributed by atoms with E-state index in [1.165, 1.54) is 0 Å². The molecule has 0 amide bonds. The van der Waals surface area contributed by atoms with E-state index < -0.39 is 17.2 Å². The molecule has 0 fully saturated rings. The maximum absolute atomic E-state index is 11.8. The van der Waals surface area contributed by atoms with E-state index in [-0.39, 0.29) is 0 Å². The predicted octanol–water partition coefficient (Wildman–Crippen LogP) is 1.95. The second-order valence-corrected chi connectivity index (χ2v) is 1.97. The first-order chi connectivity index (χ1) is 5.00. The van der Waals surface area contributed by atoms with E-state index in [1.54, 1.807) is 0 Å². The monoisotopic (exact) mass is 181 g/mol. The summed E-state index contributed by atoms with van der Waals surface area (Å²) in [5, 5.41) is -0.434. The average Bonchev–Trinajstić information content (AvgIpc) is 1.86. The van der Waals surface area contributed by atoms with Gasteiger partial charge in [0.05, 0.1) is 0 Å². The van der Waals surface area contributed by atoms with Crippen LogP contribution in [0.5, 0.6) is 0 Å². The predicted molar refractivity (Wildman–Crippen MR) is 30.9 cm³/mol. The summed E-state index contributed by atoms with van der Waals surface area (Å²) in [6.07, 6.45) is -3.68. The van der Waals surface area contributed by atoms with Crippen LogP contribution in [-0.2, 0) is 6.18 Å². The molecule has 0 aliphatic heterocycles. The fourth-order valence-corrected chi connectivity index (χ4v) is 0.579. The molecule has 0 saturated carbocycles. The van der Waals surface area contributed by atoms with E-state index >= 15 is 0 Å². The Morgan fingerprint density at radius 2 is 2.09 bits per heavy atom. The number of alkyl halides is 3. The molecule has 1 heterocycles. The van der Waals surface area contributed by atoms with Gasteiger partial charge in [-0.2, -0.15) is 13.2 Å². The molecule has 0 spiro atoms. The van der Waals surface area contributed by atoms with E-state index in [0.29, 0.717) is 0 Å². The van der Waals surface area contributed by atoms with Gasteiger partial charge < -0.3 is 0 Å². The molecule has 2 nitrogen and oxygen atoms in total. The van der Waals surface area contributed by atoms with Crippen LogP contribution in [0.1, 0.15) is 5.69 Å². The van der Waals surface area contributed by atoms with Crippen molar-refractivity contribution in [3.05, 3.63) is 23.2 Å². The third-order valence-electron chi connectivity index (χ3n) is 0.845. The number of hydrogen-bond acceptors (Lipinski definition) is 2. The Morgan fingerprint density at radius 3 is 2.45 bits per heavy atom. The molecule has 0 aliphatic carbocycles. The molecule has 1 radical (unpaired) electrons. The van der Waals surface area contributed by atoms with E-state index in [9.17, 15) is 13.2 Å². The molecular formula is C5HClF3N2. The van der Waals surface area contributed by atoms with Crippen molar-refractivity contribution < 1.29 is 13.2 Å². The van der Waals surface area contributed by atoms with E-state index in [4.69, 9.17) is 11.6 Å². The van der Waals surface area contributed by atoms with Gasteiger partial charge in [-0.15, -0.1) is 0 Å². The molecular weight excluding hydrogens is 181 g/mol. The third kappa shape index (κ3) is 2.04. The molecule has 1 rings (SSSR count). The molecule has 0 bridgehead atoms. The van der Waals surface area contributed by atoms with Crippen molar-refractivity contribution in [3.63, 3.8) is 0 Å². The van der Waals surface area contributed by atoms with Crippen molar-refractivity contribution in [3.8, 4) is 0 Å². The summed E-state index contributed by atoms with van der Waals surface area (Å²) in [6.45, 7) is 0. The smallest absolute Gasteiger partial charge is 0.226 e. The number of halogens is 4. The Kier molecular flexibility index (Phi) is 1.99. The van der Waals surface area contributed by atoms with Crippen molar-refractivity contribution in [2.45, 2.75) is 6.18 Å². The number of hydrogen-bond donors (Lipinski definition) is 0. The van der Waals surface area contributed by atoms with Gasteiger partial charge in [-0.05, 0) is 11.6 Å². The lowest BCUT2D eigenvalue weighted by Crippen LogP contribution is -2.08. The van der Waals surface area contributed by atoms with Crippen molar-refractivity contribution in [1.29, 1.82) is 0 Å². The third-order valence-corrected chi connectivity index (χ3v) is 1.03. The normalized spacial score (nSPS) is 11.6. The summed E-state index contributed by atoms with van der Waals surface area (Å²) < 4.78 is 35.4. The van der Waals surface area contributed by atoms with Gasteiger partial charge in [-0.25, -0.2) is 9.97 Å². The molecule has 0 unspecified atom stereocenters. The molecule has 59 valence electrons. The van der Waals surface area contributed by atoms with Gasteiger partial charge in [0.1, 0.15) is 0 Å². The molecule has 11 heavy (non-hydrogen) atoms. The number of aromatic nitrogens is 2. The Labute approximate surface area is 65.0 Å². The largest absolute Gasteiger partial charge is 0.434 e. The van der Waals surface area contributed by atoms with E-state index in [1.807, 2.05) is 6.07 Å². The number of nitrogens with zero attached hydrogens (tertiary/aromatic N) is 2. The minimum atomic E-state index is -4.51. The highest BCUT2D eigenvalue weighted by Gasteiger charge is 2.32. The molecule has 0 aliphatic rings. The molecule has 0 saturated heterocycles. The quantitative estimate of drug-likeness (QED) is 0.572. The summed E-state index contributed by atoms with van der Waals surface area (Å²) in [6, 6.07) is 1.82. The lowest BCUT2D eigenvalue weighted by atomic mass is 10.4. The maximum Gasteiger partial charge on any atom is 0.434 e. The summed E-state index contributed by atoms with van der Waals surface area (Å²) >= 11 is 5.11. The summed E-state index contributed by atoms with van der Waals surface area (Å²) in [7, 11) is 0. The Balaban J connectivity index is 3.06. The Bertz CT molecular complexity index is 260. The van der Waals surface area contributed by atoms with Crippen LogP contribution in [0, 0.1) is 6.07 Å². The summed E-state index contributed by atoms with van der Waals surface area (Å²) in [5.41, 5.74) is -1.16. The minimum Gasteiger partial charge on any atom is -0.226 e. The molecule has 1 aromatic heterocycles. The minimum absolute atomic E-state index is 0.434. The number of rotatable bonds is 0. The van der Waals surface area contributed by atoms with Crippen molar-refractivity contribution in [2.75, 3.05) is 0 Å². The first kappa shape index (κ1) is 8.26. The second kappa shape index (κ2) is 2.65. The second-order valence-electron chi connectivity index (χ2n) is 1.63. The summed E-state index contributed by atoms with van der Waals surface area (Å²) in [5.74, 6) is 0. The summed E-state index contributed by atoms with van der Waals surface area (Å²) in [4.78, 5) is 6.17. The van der Waals surface area contributed by atoms with Crippen LogP contribution in [0.15, 0.2) is 6.20 Å². The highest BCUT2D eigenvalue weighted by atomic mass is 35.5. The zero-order valence-corrected chi connectivity index (χ0v) is 5.74. The van der Waals surface area contributed by atoms with E-state index in [2.05, 4.69) is 9.97 Å². The van der Waals surface area contributed by atoms with Crippen molar-refractivity contribution in [1.82, 2.24) is 9.97 Å². The van der Waals surface area contributed by atoms with Gasteiger partial charge in [-0.1, -0.05) is 0 Å². The molecule has 6 heteroatoms. The van der Waals surface area contributed by atoms with Crippen LogP contribution in [-0.4, -0.2) is 9.97 Å². The van der Waals surface area contributed by atoms with Crippen molar-refractivity contribution >= 4 is 11.6 Å². The molecule has 1 aromatic rings.